The van der Waals surface area contributed by atoms with Crippen LogP contribution in [0.2, 0.25) is 5.22 Å². The van der Waals surface area contributed by atoms with E-state index in [1.807, 2.05) is 26.8 Å². The summed E-state index contributed by atoms with van der Waals surface area (Å²) >= 11 is 5.65. The zero-order valence-electron chi connectivity index (χ0n) is 7.97. The number of nitrogens with zero attached hydrogens (tertiary/aromatic N) is 1. The molecular weight excluding hydrogens is 186 g/mol. The summed E-state index contributed by atoms with van der Waals surface area (Å²) < 4.78 is 5.20. The van der Waals surface area contributed by atoms with Gasteiger partial charge in [-0.2, -0.15) is 0 Å². The van der Waals surface area contributed by atoms with Gasteiger partial charge in [0, 0.05) is 12.3 Å². The Hall–Kier alpha value is -1.02. The highest BCUT2D eigenvalue weighted by molar-refractivity contribution is 6.29. The van der Waals surface area contributed by atoms with Gasteiger partial charge < -0.3 is 4.42 Å². The molecule has 0 aliphatic carbocycles. The summed E-state index contributed by atoms with van der Waals surface area (Å²) in [4.78, 5) is 4.08. The van der Waals surface area contributed by atoms with Crippen LogP contribution in [0.25, 0.3) is 11.1 Å². The van der Waals surface area contributed by atoms with Crippen molar-refractivity contribution in [3.05, 3.63) is 29.1 Å². The van der Waals surface area contributed by atoms with Crippen LogP contribution in [0, 0.1) is 6.92 Å². The van der Waals surface area contributed by atoms with Crippen molar-refractivity contribution in [1.29, 1.82) is 0 Å². The number of rotatable bonds is 0. The summed E-state index contributed by atoms with van der Waals surface area (Å²) in [7, 11) is 0. The standard InChI is InChI=1S/C8H6ClNO.C2H6/c1-5-2-3-10-6-4-7(9)11-8(5)6;1-2/h2-4H,1H3;1-2H3. The number of pyridine rings is 1. The second-order valence-corrected chi connectivity index (χ2v) is 2.77. The topological polar surface area (TPSA) is 26.0 Å². The molecule has 0 N–H and O–H groups in total. The fourth-order valence-corrected chi connectivity index (χ4v) is 1.22. The van der Waals surface area contributed by atoms with Crippen LogP contribution in [0.3, 0.4) is 0 Å². The van der Waals surface area contributed by atoms with Crippen molar-refractivity contribution in [3.63, 3.8) is 0 Å². The lowest BCUT2D eigenvalue weighted by Crippen LogP contribution is -1.74. The summed E-state index contributed by atoms with van der Waals surface area (Å²) in [6, 6.07) is 3.60. The van der Waals surface area contributed by atoms with Crippen molar-refractivity contribution in [2.75, 3.05) is 0 Å². The van der Waals surface area contributed by atoms with Gasteiger partial charge in [0.1, 0.15) is 5.52 Å². The van der Waals surface area contributed by atoms with Crippen LogP contribution in [-0.4, -0.2) is 4.98 Å². The first-order valence-electron chi connectivity index (χ1n) is 4.28. The van der Waals surface area contributed by atoms with Gasteiger partial charge in [0.15, 0.2) is 10.8 Å². The molecule has 0 fully saturated rings. The number of hydrogen-bond acceptors (Lipinski definition) is 2. The molecule has 0 unspecified atom stereocenters. The zero-order valence-corrected chi connectivity index (χ0v) is 8.72. The Morgan fingerprint density at radius 1 is 1.38 bits per heavy atom. The molecule has 3 heteroatoms. The van der Waals surface area contributed by atoms with Crippen molar-refractivity contribution in [3.8, 4) is 0 Å². The summed E-state index contributed by atoms with van der Waals surface area (Å²) in [6.07, 6.45) is 1.74. The Kier molecular flexibility index (Phi) is 3.32. The molecule has 0 aromatic carbocycles. The first kappa shape index (κ1) is 10.1. The van der Waals surface area contributed by atoms with E-state index in [2.05, 4.69) is 4.98 Å². The largest absolute Gasteiger partial charge is 0.443 e. The van der Waals surface area contributed by atoms with Gasteiger partial charge in [-0.3, -0.25) is 4.98 Å². The highest BCUT2D eigenvalue weighted by Crippen LogP contribution is 2.23. The fourth-order valence-electron chi connectivity index (χ4n) is 1.04. The molecule has 0 spiro atoms. The smallest absolute Gasteiger partial charge is 0.196 e. The zero-order chi connectivity index (χ0) is 9.84. The maximum Gasteiger partial charge on any atom is 0.196 e. The van der Waals surface area contributed by atoms with E-state index >= 15 is 0 Å². The first-order chi connectivity index (χ1) is 6.27. The normalized spacial score (nSPS) is 9.54. The second-order valence-electron chi connectivity index (χ2n) is 2.39. The Labute approximate surface area is 82.5 Å². The maximum absolute atomic E-state index is 5.65. The van der Waals surface area contributed by atoms with Crippen LogP contribution >= 0.6 is 11.6 Å². The van der Waals surface area contributed by atoms with E-state index in [0.29, 0.717) is 5.22 Å². The van der Waals surface area contributed by atoms with Gasteiger partial charge in [-0.1, -0.05) is 13.8 Å². The number of aromatic nitrogens is 1. The number of furan rings is 1. The molecule has 0 amide bonds. The predicted molar refractivity (Wildman–Crippen MR) is 55.1 cm³/mol. The average molecular weight is 198 g/mol. The van der Waals surface area contributed by atoms with Gasteiger partial charge in [0.05, 0.1) is 0 Å². The Bertz CT molecular complexity index is 395. The molecule has 2 heterocycles. The van der Waals surface area contributed by atoms with Gasteiger partial charge >= 0.3 is 0 Å². The Morgan fingerprint density at radius 2 is 2.08 bits per heavy atom. The molecule has 0 radical (unpaired) electrons. The monoisotopic (exact) mass is 197 g/mol. The molecule has 2 aromatic heterocycles. The molecule has 13 heavy (non-hydrogen) atoms. The lowest BCUT2D eigenvalue weighted by Gasteiger charge is -1.89. The fraction of sp³-hybridized carbons (Fsp3) is 0.300. The molecule has 0 aliphatic rings. The third kappa shape index (κ3) is 2.01. The molecule has 2 nitrogen and oxygen atoms in total. The number of hydrogen-bond donors (Lipinski definition) is 0. The maximum atomic E-state index is 5.65. The van der Waals surface area contributed by atoms with Crippen molar-refractivity contribution in [2.24, 2.45) is 0 Å². The quantitative estimate of drug-likeness (QED) is 0.642. The van der Waals surface area contributed by atoms with Gasteiger partial charge in [-0.05, 0) is 30.2 Å². The lowest BCUT2D eigenvalue weighted by molar-refractivity contribution is 0.615. The number of fused-ring (bicyclic) bond motifs is 1. The number of aryl methyl sites for hydroxylation is 1. The minimum atomic E-state index is 0.391. The lowest BCUT2D eigenvalue weighted by atomic mass is 10.3. The van der Waals surface area contributed by atoms with E-state index in [-0.39, 0.29) is 0 Å². The van der Waals surface area contributed by atoms with Crippen molar-refractivity contribution >= 4 is 22.7 Å². The molecule has 0 bridgehead atoms. The third-order valence-electron chi connectivity index (χ3n) is 1.58. The van der Waals surface area contributed by atoms with Crippen LogP contribution in [-0.2, 0) is 0 Å². The molecule has 2 rings (SSSR count). The second kappa shape index (κ2) is 4.28. The first-order valence-corrected chi connectivity index (χ1v) is 4.66. The Morgan fingerprint density at radius 3 is 2.69 bits per heavy atom. The van der Waals surface area contributed by atoms with Crippen LogP contribution in [0.15, 0.2) is 22.7 Å². The summed E-state index contributed by atoms with van der Waals surface area (Å²) in [5, 5.41) is 0.391. The molecular formula is C10H12ClNO. The SMILES string of the molecule is CC.Cc1ccnc2cc(Cl)oc12. The van der Waals surface area contributed by atoms with Crippen LogP contribution in [0.5, 0.6) is 0 Å². The van der Waals surface area contributed by atoms with E-state index in [0.717, 1.165) is 16.7 Å². The minimum Gasteiger partial charge on any atom is -0.443 e. The van der Waals surface area contributed by atoms with E-state index in [4.69, 9.17) is 16.0 Å². The van der Waals surface area contributed by atoms with Crippen molar-refractivity contribution in [2.45, 2.75) is 20.8 Å². The Balaban J connectivity index is 0.000000396. The van der Waals surface area contributed by atoms with Crippen LogP contribution in [0.4, 0.5) is 0 Å². The van der Waals surface area contributed by atoms with E-state index in [1.165, 1.54) is 0 Å². The molecule has 70 valence electrons. The van der Waals surface area contributed by atoms with Gasteiger partial charge in [0.2, 0.25) is 0 Å². The van der Waals surface area contributed by atoms with Crippen molar-refractivity contribution < 1.29 is 4.42 Å². The molecule has 0 aliphatic heterocycles. The third-order valence-corrected chi connectivity index (χ3v) is 1.76. The van der Waals surface area contributed by atoms with Gasteiger partial charge in [-0.25, -0.2) is 0 Å². The summed E-state index contributed by atoms with van der Waals surface area (Å²) in [5.41, 5.74) is 2.65. The van der Waals surface area contributed by atoms with Crippen molar-refractivity contribution in [1.82, 2.24) is 4.98 Å². The van der Waals surface area contributed by atoms with Crippen LogP contribution in [0.1, 0.15) is 19.4 Å². The van der Waals surface area contributed by atoms with Crippen LogP contribution < -0.4 is 0 Å². The summed E-state index contributed by atoms with van der Waals surface area (Å²) in [5.74, 6) is 0. The average Bonchev–Trinajstić information content (AvgIpc) is 2.51. The minimum absolute atomic E-state index is 0.391. The highest BCUT2D eigenvalue weighted by atomic mass is 35.5. The molecule has 2 aromatic rings. The van der Waals surface area contributed by atoms with Gasteiger partial charge in [-0.15, -0.1) is 0 Å². The van der Waals surface area contributed by atoms with E-state index in [1.54, 1.807) is 12.3 Å². The highest BCUT2D eigenvalue weighted by Gasteiger charge is 2.03. The number of halogens is 1. The van der Waals surface area contributed by atoms with E-state index in [9.17, 15) is 0 Å². The van der Waals surface area contributed by atoms with E-state index < -0.39 is 0 Å². The molecule has 0 atom stereocenters. The molecule has 0 saturated carbocycles. The predicted octanol–water partition coefficient (Wildman–Crippen LogP) is 3.82. The summed E-state index contributed by atoms with van der Waals surface area (Å²) in [6.45, 7) is 5.96. The van der Waals surface area contributed by atoms with Gasteiger partial charge in [0.25, 0.3) is 0 Å². The molecule has 0 saturated heterocycles.